The van der Waals surface area contributed by atoms with Gasteiger partial charge in [0.15, 0.2) is 0 Å². The van der Waals surface area contributed by atoms with Gasteiger partial charge in [-0.25, -0.2) is 0 Å². The number of halogens is 2. The normalized spacial score (nSPS) is 21.0. The van der Waals surface area contributed by atoms with Gasteiger partial charge in [-0.1, -0.05) is 29.3 Å². The molecule has 25 heavy (non-hydrogen) atoms. The number of nitrogens with one attached hydrogen (secondary N) is 1. The molecular weight excluding hydrogens is 365 g/mol. The number of likely N-dealkylation sites (N-methyl/N-ethyl adjacent to an activating group) is 1. The first kappa shape index (κ1) is 20.0. The monoisotopic (exact) mass is 387 g/mol. The smallest absolute Gasteiger partial charge is 0.244 e. The molecular formula is C17H23Cl2N3O3. The van der Waals surface area contributed by atoms with Crippen LogP contribution in [0.15, 0.2) is 18.2 Å². The average molecular weight is 388 g/mol. The van der Waals surface area contributed by atoms with Crippen LogP contribution in [0, 0.1) is 0 Å². The Bertz CT molecular complexity index is 611. The van der Waals surface area contributed by atoms with Gasteiger partial charge < -0.3 is 15.0 Å². The number of amides is 2. The molecule has 1 heterocycles. The molecule has 0 aliphatic carbocycles. The maximum atomic E-state index is 12.4. The predicted molar refractivity (Wildman–Crippen MR) is 99.2 cm³/mol. The van der Waals surface area contributed by atoms with E-state index in [9.17, 15) is 9.59 Å². The maximum absolute atomic E-state index is 12.4. The number of ether oxygens (including phenoxy) is 1. The molecule has 0 unspecified atom stereocenters. The van der Waals surface area contributed by atoms with Crippen molar-refractivity contribution in [2.45, 2.75) is 26.1 Å². The molecule has 1 saturated heterocycles. The number of nitrogens with zero attached hydrogens (tertiary/aromatic N) is 2. The van der Waals surface area contributed by atoms with Gasteiger partial charge >= 0.3 is 0 Å². The number of carbonyl (C=O) groups excluding carboxylic acids is 2. The second-order valence-corrected chi connectivity index (χ2v) is 7.16. The Balaban J connectivity index is 1.87. The highest BCUT2D eigenvalue weighted by Gasteiger charge is 2.25. The standard InChI is InChI=1S/C17H23Cl2N3O3/c1-11-7-22(8-12(2)25-11)10-16(24)21(3)9-15(23)20-17-13(18)5-4-6-14(17)19/h4-6,11-12H,7-10H2,1-3H3,(H,20,23)/t11-,12+. The lowest BCUT2D eigenvalue weighted by molar-refractivity contribution is -0.137. The number of hydrogen-bond donors (Lipinski definition) is 1. The molecule has 0 aromatic heterocycles. The Morgan fingerprint density at radius 1 is 1.24 bits per heavy atom. The summed E-state index contributed by atoms with van der Waals surface area (Å²) >= 11 is 12.1. The number of hydrogen-bond acceptors (Lipinski definition) is 4. The van der Waals surface area contributed by atoms with Crippen LogP contribution in [0.4, 0.5) is 5.69 Å². The second kappa shape index (κ2) is 8.85. The zero-order valence-electron chi connectivity index (χ0n) is 14.6. The van der Waals surface area contributed by atoms with Crippen molar-refractivity contribution in [2.75, 3.05) is 38.5 Å². The number of carbonyl (C=O) groups is 2. The summed E-state index contributed by atoms with van der Waals surface area (Å²) < 4.78 is 5.66. The Morgan fingerprint density at radius 3 is 2.36 bits per heavy atom. The second-order valence-electron chi connectivity index (χ2n) is 6.35. The van der Waals surface area contributed by atoms with Gasteiger partial charge in [-0.15, -0.1) is 0 Å². The summed E-state index contributed by atoms with van der Waals surface area (Å²) in [6.07, 6.45) is 0.181. The molecule has 0 spiro atoms. The van der Waals surface area contributed by atoms with Crippen molar-refractivity contribution in [2.24, 2.45) is 0 Å². The van der Waals surface area contributed by atoms with E-state index in [0.717, 1.165) is 0 Å². The fourth-order valence-corrected chi connectivity index (χ4v) is 3.32. The molecule has 6 nitrogen and oxygen atoms in total. The zero-order chi connectivity index (χ0) is 18.6. The Morgan fingerprint density at radius 2 is 1.80 bits per heavy atom. The van der Waals surface area contributed by atoms with Crippen LogP contribution in [0.25, 0.3) is 0 Å². The van der Waals surface area contributed by atoms with Crippen LogP contribution in [-0.2, 0) is 14.3 Å². The maximum Gasteiger partial charge on any atom is 0.244 e. The van der Waals surface area contributed by atoms with Crippen molar-refractivity contribution < 1.29 is 14.3 Å². The minimum atomic E-state index is -0.352. The first-order valence-electron chi connectivity index (χ1n) is 8.12. The lowest BCUT2D eigenvalue weighted by Gasteiger charge is -2.35. The molecule has 1 fully saturated rings. The van der Waals surface area contributed by atoms with Gasteiger partial charge in [-0.05, 0) is 26.0 Å². The molecule has 8 heteroatoms. The summed E-state index contributed by atoms with van der Waals surface area (Å²) in [5.74, 6) is -0.476. The van der Waals surface area contributed by atoms with Crippen LogP contribution in [-0.4, -0.2) is 67.0 Å². The van der Waals surface area contributed by atoms with Crippen molar-refractivity contribution >= 4 is 40.7 Å². The van der Waals surface area contributed by atoms with Crippen LogP contribution in [0.3, 0.4) is 0 Å². The number of rotatable bonds is 5. The van der Waals surface area contributed by atoms with Crippen LogP contribution in [0.1, 0.15) is 13.8 Å². The summed E-state index contributed by atoms with van der Waals surface area (Å²) in [6, 6.07) is 4.97. The Labute approximate surface area is 158 Å². The first-order chi connectivity index (χ1) is 11.8. The van der Waals surface area contributed by atoms with Crippen molar-refractivity contribution in [1.82, 2.24) is 9.80 Å². The zero-order valence-corrected chi connectivity index (χ0v) is 16.1. The van der Waals surface area contributed by atoms with E-state index >= 15 is 0 Å². The van der Waals surface area contributed by atoms with E-state index in [1.807, 2.05) is 18.7 Å². The summed E-state index contributed by atoms with van der Waals surface area (Å²) in [6.45, 7) is 5.55. The Hall–Kier alpha value is -1.34. The van der Waals surface area contributed by atoms with Crippen molar-refractivity contribution in [3.05, 3.63) is 28.2 Å². The molecule has 2 amide bonds. The third-order valence-electron chi connectivity index (χ3n) is 3.89. The van der Waals surface area contributed by atoms with Gasteiger partial charge in [-0.2, -0.15) is 0 Å². The van der Waals surface area contributed by atoms with E-state index < -0.39 is 0 Å². The first-order valence-corrected chi connectivity index (χ1v) is 8.87. The van der Waals surface area contributed by atoms with Crippen molar-refractivity contribution in [1.29, 1.82) is 0 Å². The van der Waals surface area contributed by atoms with Crippen molar-refractivity contribution in [3.8, 4) is 0 Å². The summed E-state index contributed by atoms with van der Waals surface area (Å²) in [7, 11) is 1.60. The predicted octanol–water partition coefficient (Wildman–Crippen LogP) is 2.50. The highest BCUT2D eigenvalue weighted by Crippen LogP contribution is 2.29. The van der Waals surface area contributed by atoms with E-state index in [1.54, 1.807) is 25.2 Å². The largest absolute Gasteiger partial charge is 0.373 e. The molecule has 0 bridgehead atoms. The van der Waals surface area contributed by atoms with Crippen LogP contribution in [0.2, 0.25) is 10.0 Å². The highest BCUT2D eigenvalue weighted by molar-refractivity contribution is 6.39. The summed E-state index contributed by atoms with van der Waals surface area (Å²) in [5, 5.41) is 3.36. The minimum Gasteiger partial charge on any atom is -0.373 e. The molecule has 1 N–H and O–H groups in total. The molecule has 1 aromatic rings. The van der Waals surface area contributed by atoms with Gasteiger partial charge in [-0.3, -0.25) is 14.5 Å². The summed E-state index contributed by atoms with van der Waals surface area (Å²) in [5.41, 5.74) is 0.354. The fraction of sp³-hybridized carbons (Fsp3) is 0.529. The number of para-hydroxylation sites is 1. The SMILES string of the molecule is C[C@@H]1CN(CC(=O)N(C)CC(=O)Nc2c(Cl)cccc2Cl)C[C@H](C)O1. The lowest BCUT2D eigenvalue weighted by atomic mass is 10.2. The van der Waals surface area contributed by atoms with Gasteiger partial charge in [0.25, 0.3) is 0 Å². The quantitative estimate of drug-likeness (QED) is 0.842. The van der Waals surface area contributed by atoms with Gasteiger partial charge in [0.05, 0.1) is 41.0 Å². The molecule has 0 saturated carbocycles. The van der Waals surface area contributed by atoms with Gasteiger partial charge in [0.2, 0.25) is 11.8 Å². The number of benzene rings is 1. The van der Waals surface area contributed by atoms with E-state index in [1.165, 1.54) is 4.90 Å². The molecule has 1 aliphatic rings. The average Bonchev–Trinajstić information content (AvgIpc) is 2.50. The number of anilines is 1. The Kier molecular flexibility index (Phi) is 7.07. The van der Waals surface area contributed by atoms with Crippen LogP contribution >= 0.6 is 23.2 Å². The molecule has 2 atom stereocenters. The fourth-order valence-electron chi connectivity index (χ4n) is 2.83. The molecule has 1 aromatic carbocycles. The third kappa shape index (κ3) is 5.85. The topological polar surface area (TPSA) is 61.9 Å². The highest BCUT2D eigenvalue weighted by atomic mass is 35.5. The van der Waals surface area contributed by atoms with Crippen LogP contribution in [0.5, 0.6) is 0 Å². The van der Waals surface area contributed by atoms with E-state index in [4.69, 9.17) is 27.9 Å². The van der Waals surface area contributed by atoms with Gasteiger partial charge in [0.1, 0.15) is 0 Å². The minimum absolute atomic E-state index is 0.0736. The molecule has 0 radical (unpaired) electrons. The molecule has 2 rings (SSSR count). The third-order valence-corrected chi connectivity index (χ3v) is 4.52. The molecule has 1 aliphatic heterocycles. The van der Waals surface area contributed by atoms with E-state index in [0.29, 0.717) is 28.8 Å². The molecule has 138 valence electrons. The van der Waals surface area contributed by atoms with Crippen molar-refractivity contribution in [3.63, 3.8) is 0 Å². The number of morpholine rings is 1. The van der Waals surface area contributed by atoms with Gasteiger partial charge in [0, 0.05) is 20.1 Å². The van der Waals surface area contributed by atoms with E-state index in [2.05, 4.69) is 5.32 Å². The lowest BCUT2D eigenvalue weighted by Crippen LogP contribution is -2.50. The summed E-state index contributed by atoms with van der Waals surface area (Å²) in [4.78, 5) is 28.0. The van der Waals surface area contributed by atoms with Crippen LogP contribution < -0.4 is 5.32 Å². The van der Waals surface area contributed by atoms with E-state index in [-0.39, 0.29) is 37.1 Å².